The SMILES string of the molecule is CC.CCC(C)=O.CCC(C)CCC1(CC(C)C)NC(c2ccccc2ONC)NC1=O.CCC(C)c1cc(C)c(-c2cc(C)ccc2[N+](=O)[O-])c(C)c1.CCCC. The maximum atomic E-state index is 13.0. The first-order valence-corrected chi connectivity index (χ1v) is 21.8. The monoisotopic (exact) mass is 805 g/mol. The van der Waals surface area contributed by atoms with Crippen LogP contribution in [0.25, 0.3) is 11.1 Å². The quantitative estimate of drug-likeness (QED) is 0.103. The normalized spacial score (nSPS) is 16.4. The van der Waals surface area contributed by atoms with Gasteiger partial charge in [0.05, 0.1) is 16.0 Å². The van der Waals surface area contributed by atoms with E-state index in [1.807, 2.05) is 71.9 Å². The maximum absolute atomic E-state index is 13.0. The first kappa shape index (κ1) is 53.9. The zero-order valence-corrected chi connectivity index (χ0v) is 39.2. The predicted octanol–water partition coefficient (Wildman–Crippen LogP) is 13.0. The van der Waals surface area contributed by atoms with Crippen LogP contribution in [0.2, 0.25) is 0 Å². The summed E-state index contributed by atoms with van der Waals surface area (Å²) in [5, 5.41) is 18.1. The number of Topliss-reactive ketones (excluding diaryl/α,β-unsaturated/α-hetero) is 1. The lowest BCUT2D eigenvalue weighted by Crippen LogP contribution is -2.48. The van der Waals surface area contributed by atoms with Crippen molar-refractivity contribution in [2.45, 2.75) is 173 Å². The number of hydrogen-bond acceptors (Lipinski definition) is 7. The van der Waals surface area contributed by atoms with Crippen LogP contribution in [0.5, 0.6) is 5.75 Å². The van der Waals surface area contributed by atoms with Crippen molar-refractivity contribution < 1.29 is 19.3 Å². The van der Waals surface area contributed by atoms with Crippen molar-refractivity contribution in [3.05, 3.63) is 92.5 Å². The van der Waals surface area contributed by atoms with E-state index in [-0.39, 0.29) is 28.5 Å². The lowest BCUT2D eigenvalue weighted by atomic mass is 9.82. The second kappa shape index (κ2) is 28.4. The number of benzene rings is 3. The number of amides is 1. The minimum atomic E-state index is -0.505. The van der Waals surface area contributed by atoms with Crippen molar-refractivity contribution >= 4 is 17.4 Å². The Labute approximate surface area is 353 Å². The highest BCUT2D eigenvalue weighted by molar-refractivity contribution is 5.89. The summed E-state index contributed by atoms with van der Waals surface area (Å²) in [6, 6.07) is 17.4. The van der Waals surface area contributed by atoms with Gasteiger partial charge in [0.25, 0.3) is 5.69 Å². The maximum Gasteiger partial charge on any atom is 0.277 e. The van der Waals surface area contributed by atoms with Gasteiger partial charge < -0.3 is 14.9 Å². The highest BCUT2D eigenvalue weighted by Gasteiger charge is 2.47. The number of rotatable bonds is 15. The molecule has 1 aliphatic heterocycles. The van der Waals surface area contributed by atoms with Gasteiger partial charge in [0.1, 0.15) is 11.9 Å². The fourth-order valence-electron chi connectivity index (χ4n) is 6.51. The minimum absolute atomic E-state index is 0.105. The number of aryl methyl sites for hydroxylation is 3. The number of nitrogens with one attached hydrogen (secondary N) is 3. The third kappa shape index (κ3) is 17.4. The van der Waals surface area contributed by atoms with E-state index < -0.39 is 5.54 Å². The van der Waals surface area contributed by atoms with Crippen molar-refractivity contribution in [3.8, 4) is 16.9 Å². The minimum Gasteiger partial charge on any atom is -0.409 e. The largest absolute Gasteiger partial charge is 0.409 e. The zero-order chi connectivity index (χ0) is 44.6. The van der Waals surface area contributed by atoms with Crippen LogP contribution in [-0.2, 0) is 9.59 Å². The summed E-state index contributed by atoms with van der Waals surface area (Å²) in [7, 11) is 1.73. The fourth-order valence-corrected chi connectivity index (χ4v) is 6.51. The summed E-state index contributed by atoms with van der Waals surface area (Å²) in [6.45, 7) is 31.0. The number of nitrogens with zero attached hydrogens (tertiary/aromatic N) is 1. The number of unbranched alkanes of at least 4 members (excludes halogenated alkanes) is 1. The average Bonchev–Trinajstić information content (AvgIpc) is 3.52. The molecular weight excluding hydrogens is 725 g/mol. The van der Waals surface area contributed by atoms with Gasteiger partial charge in [0, 0.05) is 25.1 Å². The van der Waals surface area contributed by atoms with Crippen LogP contribution >= 0.6 is 0 Å². The van der Waals surface area contributed by atoms with Crippen LogP contribution in [0, 0.1) is 42.7 Å². The van der Waals surface area contributed by atoms with Gasteiger partial charge in [-0.05, 0) is 106 Å². The highest BCUT2D eigenvalue weighted by atomic mass is 16.6. The Morgan fingerprint density at radius 1 is 0.914 bits per heavy atom. The molecule has 1 amide bonds. The number of ketones is 1. The van der Waals surface area contributed by atoms with E-state index in [1.54, 1.807) is 26.1 Å². The van der Waals surface area contributed by atoms with Crippen LogP contribution in [0.3, 0.4) is 0 Å². The Kier molecular flexibility index (Phi) is 26.4. The van der Waals surface area contributed by atoms with E-state index in [0.29, 0.717) is 24.2 Å². The van der Waals surface area contributed by atoms with Gasteiger partial charge in [-0.1, -0.05) is 137 Å². The van der Waals surface area contributed by atoms with E-state index in [2.05, 4.69) is 83.6 Å². The summed E-state index contributed by atoms with van der Waals surface area (Å²) < 4.78 is 0. The molecule has 4 rings (SSSR count). The Hall–Kier alpha value is -4.08. The van der Waals surface area contributed by atoms with Gasteiger partial charge in [-0.15, -0.1) is 0 Å². The molecule has 0 aromatic heterocycles. The third-order valence-corrected chi connectivity index (χ3v) is 10.4. The van der Waals surface area contributed by atoms with Crippen LogP contribution in [-0.4, -0.2) is 29.2 Å². The Morgan fingerprint density at radius 2 is 1.48 bits per heavy atom. The van der Waals surface area contributed by atoms with E-state index >= 15 is 0 Å². The molecular formula is C49H80N4O5. The molecule has 0 radical (unpaired) electrons. The van der Waals surface area contributed by atoms with Crippen molar-refractivity contribution in [1.82, 2.24) is 16.1 Å². The third-order valence-electron chi connectivity index (χ3n) is 10.4. The average molecular weight is 805 g/mol. The second-order valence-electron chi connectivity index (χ2n) is 15.8. The van der Waals surface area contributed by atoms with Gasteiger partial charge in [-0.3, -0.25) is 20.2 Å². The first-order chi connectivity index (χ1) is 27.4. The summed E-state index contributed by atoms with van der Waals surface area (Å²) in [6.07, 6.45) is 8.04. The molecule has 3 aromatic rings. The molecule has 58 heavy (non-hydrogen) atoms. The number of nitro groups is 1. The summed E-state index contributed by atoms with van der Waals surface area (Å²) in [4.78, 5) is 39.3. The van der Waals surface area contributed by atoms with Crippen LogP contribution < -0.4 is 21.0 Å². The van der Waals surface area contributed by atoms with Crippen LogP contribution in [0.1, 0.15) is 174 Å². The molecule has 3 aromatic carbocycles. The molecule has 0 spiro atoms. The molecule has 1 fully saturated rings. The lowest BCUT2D eigenvalue weighted by molar-refractivity contribution is -0.384. The first-order valence-electron chi connectivity index (χ1n) is 21.8. The van der Waals surface area contributed by atoms with Crippen LogP contribution in [0.4, 0.5) is 5.69 Å². The molecule has 1 saturated heterocycles. The molecule has 9 heteroatoms. The summed E-state index contributed by atoms with van der Waals surface area (Å²) in [5.74, 6) is 2.65. The molecule has 1 heterocycles. The smallest absolute Gasteiger partial charge is 0.277 e. The van der Waals surface area contributed by atoms with Gasteiger partial charge in [0.2, 0.25) is 5.91 Å². The standard InChI is InChI=1S/C20H33N3O2.C19H23NO2.C4H8O.C4H10.C2H6/c1-6-15(4)11-12-20(13-14(2)3)19(24)22-18(23-20)16-9-7-8-10-17(16)25-21-5;1-6-13(3)16-10-14(4)19(15(5)11-16)17-9-12(2)7-8-18(17)20(21)22;1-3-4(2)5;1-3-4-2;1-2/h7-10,14-15,18,21,23H,6,11-13H2,1-5H3,(H,22,24);7-11,13H,6H2,1-5H3;3H2,1-2H3;3-4H2,1-2H3;1-2H3. The van der Waals surface area contributed by atoms with Crippen LogP contribution in [0.15, 0.2) is 54.6 Å². The topological polar surface area (TPSA) is 123 Å². The van der Waals surface area contributed by atoms with Crippen molar-refractivity contribution in [2.24, 2.45) is 11.8 Å². The van der Waals surface area contributed by atoms with E-state index in [1.165, 1.54) is 18.4 Å². The number of hydroxylamine groups is 1. The molecule has 1 aliphatic rings. The molecule has 3 N–H and O–H groups in total. The number of nitro benzene ring substituents is 1. The van der Waals surface area contributed by atoms with Gasteiger partial charge in [-0.2, -0.15) is 5.48 Å². The highest BCUT2D eigenvalue weighted by Crippen LogP contribution is 2.38. The number of carbonyl (C=O) groups excluding carboxylic acids is 2. The van der Waals surface area contributed by atoms with Gasteiger partial charge in [0.15, 0.2) is 5.75 Å². The number of hydrogen-bond donors (Lipinski definition) is 3. The van der Waals surface area contributed by atoms with Crippen molar-refractivity contribution in [2.75, 3.05) is 7.05 Å². The second-order valence-corrected chi connectivity index (χ2v) is 15.8. The molecule has 0 aliphatic carbocycles. The zero-order valence-electron chi connectivity index (χ0n) is 39.2. The molecule has 9 nitrogen and oxygen atoms in total. The summed E-state index contributed by atoms with van der Waals surface area (Å²) in [5.41, 5.74) is 9.58. The van der Waals surface area contributed by atoms with E-state index in [0.717, 1.165) is 71.2 Å². The van der Waals surface area contributed by atoms with Gasteiger partial charge in [-0.25, -0.2) is 0 Å². The Balaban J connectivity index is 0.000000898. The van der Waals surface area contributed by atoms with Crippen molar-refractivity contribution in [1.29, 1.82) is 0 Å². The molecule has 0 bridgehead atoms. The number of carbonyl (C=O) groups is 2. The Morgan fingerprint density at radius 3 is 1.95 bits per heavy atom. The molecule has 4 unspecified atom stereocenters. The molecule has 326 valence electrons. The molecule has 4 atom stereocenters. The molecule has 0 saturated carbocycles. The van der Waals surface area contributed by atoms with E-state index in [4.69, 9.17) is 4.84 Å². The number of para-hydroxylation sites is 1. The fraction of sp³-hybridized carbons (Fsp3) is 0.592. The van der Waals surface area contributed by atoms with E-state index in [9.17, 15) is 19.7 Å². The lowest BCUT2D eigenvalue weighted by Gasteiger charge is -2.30. The Bertz CT molecular complexity index is 1650. The summed E-state index contributed by atoms with van der Waals surface area (Å²) >= 11 is 0. The van der Waals surface area contributed by atoms with Gasteiger partial charge >= 0.3 is 0 Å². The predicted molar refractivity (Wildman–Crippen MR) is 245 cm³/mol. The van der Waals surface area contributed by atoms with Crippen molar-refractivity contribution in [3.63, 3.8) is 0 Å².